The van der Waals surface area contributed by atoms with E-state index in [-0.39, 0.29) is 11.3 Å². The van der Waals surface area contributed by atoms with Crippen molar-refractivity contribution >= 4 is 17.4 Å². The standard InChI is InChI=1S/C17H15F4N3O/c18-14-5-4-12(9-13(14)17(19,20)21)23-16(25)11-3-6-15(22-10-11)24-7-1-2-8-24/h3-6,9-10H,1-2,7-8H2,(H,23,25). The molecule has 0 aliphatic carbocycles. The van der Waals surface area contributed by atoms with Gasteiger partial charge in [0.25, 0.3) is 5.91 Å². The molecule has 1 aromatic heterocycles. The maximum Gasteiger partial charge on any atom is 0.419 e. The predicted octanol–water partition coefficient (Wildman–Crippen LogP) is 4.09. The number of carbonyl (C=O) groups is 1. The Kier molecular flexibility index (Phi) is 4.61. The molecule has 4 nitrogen and oxygen atoms in total. The van der Waals surface area contributed by atoms with Crippen LogP contribution in [0.1, 0.15) is 28.8 Å². The van der Waals surface area contributed by atoms with Gasteiger partial charge in [-0.15, -0.1) is 0 Å². The Morgan fingerprint density at radius 3 is 2.44 bits per heavy atom. The number of amides is 1. The topological polar surface area (TPSA) is 45.2 Å². The van der Waals surface area contributed by atoms with E-state index in [9.17, 15) is 22.4 Å². The number of benzene rings is 1. The van der Waals surface area contributed by atoms with Gasteiger partial charge in [-0.05, 0) is 43.2 Å². The van der Waals surface area contributed by atoms with E-state index in [0.717, 1.165) is 37.8 Å². The number of pyridine rings is 1. The van der Waals surface area contributed by atoms with Gasteiger partial charge in [0.15, 0.2) is 0 Å². The lowest BCUT2D eigenvalue weighted by Gasteiger charge is -2.16. The third kappa shape index (κ3) is 3.89. The molecule has 0 bridgehead atoms. The minimum absolute atomic E-state index is 0.137. The smallest absolute Gasteiger partial charge is 0.357 e. The van der Waals surface area contributed by atoms with Crippen LogP contribution in [0, 0.1) is 5.82 Å². The average Bonchev–Trinajstić information content (AvgIpc) is 3.10. The van der Waals surface area contributed by atoms with E-state index in [0.29, 0.717) is 12.1 Å². The fourth-order valence-corrected chi connectivity index (χ4v) is 2.68. The molecule has 0 atom stereocenters. The van der Waals surface area contributed by atoms with Crippen molar-refractivity contribution in [3.63, 3.8) is 0 Å². The summed E-state index contributed by atoms with van der Waals surface area (Å²) in [5.74, 6) is -1.24. The van der Waals surface area contributed by atoms with Crippen molar-refractivity contribution in [1.29, 1.82) is 0 Å². The van der Waals surface area contributed by atoms with Crippen LogP contribution in [0.5, 0.6) is 0 Å². The molecule has 1 amide bonds. The van der Waals surface area contributed by atoms with Gasteiger partial charge in [-0.1, -0.05) is 0 Å². The number of alkyl halides is 3. The maximum absolute atomic E-state index is 13.3. The Hall–Kier alpha value is -2.64. The molecule has 2 aromatic rings. The summed E-state index contributed by atoms with van der Waals surface area (Å²) in [7, 11) is 0. The summed E-state index contributed by atoms with van der Waals surface area (Å²) >= 11 is 0. The summed E-state index contributed by atoms with van der Waals surface area (Å²) in [5, 5.41) is 2.33. The number of carbonyl (C=O) groups excluding carboxylic acids is 1. The van der Waals surface area contributed by atoms with Crippen LogP contribution in [0.3, 0.4) is 0 Å². The van der Waals surface area contributed by atoms with Crippen molar-refractivity contribution in [2.45, 2.75) is 19.0 Å². The van der Waals surface area contributed by atoms with Gasteiger partial charge in [0.05, 0.1) is 11.1 Å². The summed E-state index contributed by atoms with van der Waals surface area (Å²) in [6.45, 7) is 1.82. The van der Waals surface area contributed by atoms with Crippen LogP contribution < -0.4 is 10.2 Å². The largest absolute Gasteiger partial charge is 0.419 e. The highest BCUT2D eigenvalue weighted by Gasteiger charge is 2.34. The van der Waals surface area contributed by atoms with Crippen molar-refractivity contribution < 1.29 is 22.4 Å². The van der Waals surface area contributed by atoms with E-state index in [1.807, 2.05) is 0 Å². The molecule has 0 spiro atoms. The van der Waals surface area contributed by atoms with Crippen LogP contribution in [0.2, 0.25) is 0 Å². The SMILES string of the molecule is O=C(Nc1ccc(F)c(C(F)(F)F)c1)c1ccc(N2CCCC2)nc1. The molecule has 1 aliphatic heterocycles. The number of nitrogens with one attached hydrogen (secondary N) is 1. The quantitative estimate of drug-likeness (QED) is 0.846. The van der Waals surface area contributed by atoms with Gasteiger partial charge in [0.1, 0.15) is 11.6 Å². The number of nitrogens with zero attached hydrogens (tertiary/aromatic N) is 2. The minimum Gasteiger partial charge on any atom is -0.357 e. The average molecular weight is 353 g/mol. The molecule has 8 heteroatoms. The maximum atomic E-state index is 13.3. The van der Waals surface area contributed by atoms with Gasteiger partial charge in [0, 0.05) is 25.0 Å². The number of hydrogen-bond donors (Lipinski definition) is 1. The molecule has 1 N–H and O–H groups in total. The van der Waals surface area contributed by atoms with E-state index in [4.69, 9.17) is 0 Å². The monoisotopic (exact) mass is 353 g/mol. The Morgan fingerprint density at radius 1 is 1.12 bits per heavy atom. The van der Waals surface area contributed by atoms with E-state index in [2.05, 4.69) is 15.2 Å². The van der Waals surface area contributed by atoms with Gasteiger partial charge >= 0.3 is 6.18 Å². The normalized spacial score (nSPS) is 14.6. The molecular formula is C17H15F4N3O. The molecule has 1 fully saturated rings. The highest BCUT2D eigenvalue weighted by Crippen LogP contribution is 2.33. The summed E-state index contributed by atoms with van der Waals surface area (Å²) in [4.78, 5) is 18.5. The second kappa shape index (κ2) is 6.70. The molecule has 0 radical (unpaired) electrons. The van der Waals surface area contributed by atoms with Crippen LogP contribution in [-0.2, 0) is 6.18 Å². The molecular weight excluding hydrogens is 338 g/mol. The van der Waals surface area contributed by atoms with Crippen molar-refractivity contribution in [2.24, 2.45) is 0 Å². The zero-order valence-electron chi connectivity index (χ0n) is 13.1. The zero-order chi connectivity index (χ0) is 18.0. The molecule has 1 aliphatic rings. The molecule has 2 heterocycles. The first-order valence-corrected chi connectivity index (χ1v) is 7.74. The van der Waals surface area contributed by atoms with Crippen molar-refractivity contribution in [3.05, 3.63) is 53.5 Å². The van der Waals surface area contributed by atoms with Gasteiger partial charge in [-0.3, -0.25) is 4.79 Å². The first-order valence-electron chi connectivity index (χ1n) is 7.74. The second-order valence-corrected chi connectivity index (χ2v) is 5.75. The van der Waals surface area contributed by atoms with Crippen molar-refractivity contribution in [2.75, 3.05) is 23.3 Å². The van der Waals surface area contributed by atoms with E-state index in [1.54, 1.807) is 12.1 Å². The van der Waals surface area contributed by atoms with E-state index in [1.165, 1.54) is 6.20 Å². The highest BCUT2D eigenvalue weighted by atomic mass is 19.4. The van der Waals surface area contributed by atoms with Crippen LogP contribution in [0.15, 0.2) is 36.5 Å². The van der Waals surface area contributed by atoms with Crippen molar-refractivity contribution in [1.82, 2.24) is 4.98 Å². The fraction of sp³-hybridized carbons (Fsp3) is 0.294. The van der Waals surface area contributed by atoms with Gasteiger partial charge in [0.2, 0.25) is 0 Å². The Bertz CT molecular complexity index is 768. The summed E-state index contributed by atoms with van der Waals surface area (Å²) in [6, 6.07) is 5.58. The van der Waals surface area contributed by atoms with Gasteiger partial charge in [-0.2, -0.15) is 13.2 Å². The molecule has 1 aromatic carbocycles. The van der Waals surface area contributed by atoms with Crippen LogP contribution in [0.4, 0.5) is 29.1 Å². The number of hydrogen-bond acceptors (Lipinski definition) is 3. The Balaban J connectivity index is 1.74. The second-order valence-electron chi connectivity index (χ2n) is 5.75. The molecule has 1 saturated heterocycles. The highest BCUT2D eigenvalue weighted by molar-refractivity contribution is 6.04. The minimum atomic E-state index is -4.83. The Morgan fingerprint density at radius 2 is 1.84 bits per heavy atom. The third-order valence-electron chi connectivity index (χ3n) is 3.97. The lowest BCUT2D eigenvalue weighted by Crippen LogP contribution is -2.19. The van der Waals surface area contributed by atoms with E-state index >= 15 is 0 Å². The zero-order valence-corrected chi connectivity index (χ0v) is 13.1. The van der Waals surface area contributed by atoms with E-state index < -0.39 is 23.5 Å². The third-order valence-corrected chi connectivity index (χ3v) is 3.97. The van der Waals surface area contributed by atoms with Crippen LogP contribution in [-0.4, -0.2) is 24.0 Å². The molecule has 132 valence electrons. The lowest BCUT2D eigenvalue weighted by molar-refractivity contribution is -0.139. The van der Waals surface area contributed by atoms with Crippen LogP contribution in [0.25, 0.3) is 0 Å². The molecule has 25 heavy (non-hydrogen) atoms. The molecule has 3 rings (SSSR count). The number of halogens is 4. The first-order chi connectivity index (χ1) is 11.8. The number of aromatic nitrogens is 1. The predicted molar refractivity (Wildman–Crippen MR) is 85.0 cm³/mol. The van der Waals surface area contributed by atoms with Crippen molar-refractivity contribution in [3.8, 4) is 0 Å². The summed E-state index contributed by atoms with van der Waals surface area (Å²) in [6.07, 6.45) is -1.27. The number of anilines is 2. The van der Waals surface area contributed by atoms with Crippen LogP contribution >= 0.6 is 0 Å². The Labute approximate surface area is 141 Å². The van der Waals surface area contributed by atoms with Gasteiger partial charge in [-0.25, -0.2) is 9.37 Å². The van der Waals surface area contributed by atoms with Gasteiger partial charge < -0.3 is 10.2 Å². The molecule has 0 unspecified atom stereocenters. The summed E-state index contributed by atoms with van der Waals surface area (Å²) < 4.78 is 51.4. The summed E-state index contributed by atoms with van der Waals surface area (Å²) in [5.41, 5.74) is -1.35. The first kappa shape index (κ1) is 17.2. The number of rotatable bonds is 3. The molecule has 0 saturated carbocycles. The lowest BCUT2D eigenvalue weighted by atomic mass is 10.1. The fourth-order valence-electron chi connectivity index (χ4n) is 2.68.